The molecule has 0 aliphatic carbocycles. The molecule has 1 aliphatic heterocycles. The number of benzene rings is 1. The fourth-order valence-electron chi connectivity index (χ4n) is 4.24. The third kappa shape index (κ3) is 6.17. The fourth-order valence-corrected chi connectivity index (χ4v) is 5.03. The summed E-state index contributed by atoms with van der Waals surface area (Å²) in [5, 5.41) is 2.12. The summed E-state index contributed by atoms with van der Waals surface area (Å²) >= 11 is 1.80. The molecule has 3 aromatic rings. The molecule has 0 saturated carbocycles. The van der Waals surface area contributed by atoms with Gasteiger partial charge in [-0.2, -0.15) is 0 Å². The summed E-state index contributed by atoms with van der Waals surface area (Å²) in [6, 6.07) is 18.4. The number of hydrogen-bond donors (Lipinski definition) is 0. The molecule has 1 unspecified atom stereocenters. The highest BCUT2D eigenvalue weighted by Crippen LogP contribution is 2.22. The number of carbonyl (C=O) groups is 1. The van der Waals surface area contributed by atoms with Crippen LogP contribution in [0.3, 0.4) is 0 Å². The molecule has 6 heteroatoms. The molecule has 3 heterocycles. The Morgan fingerprint density at radius 2 is 2.00 bits per heavy atom. The van der Waals surface area contributed by atoms with E-state index in [-0.39, 0.29) is 11.9 Å². The van der Waals surface area contributed by atoms with Gasteiger partial charge in [-0.05, 0) is 67.6 Å². The van der Waals surface area contributed by atoms with Crippen molar-refractivity contribution < 1.29 is 9.53 Å². The van der Waals surface area contributed by atoms with Crippen molar-refractivity contribution in [2.24, 2.45) is 0 Å². The summed E-state index contributed by atoms with van der Waals surface area (Å²) < 4.78 is 6.02. The normalized spacial score (nSPS) is 16.3. The summed E-state index contributed by atoms with van der Waals surface area (Å²) in [4.78, 5) is 22.8. The SMILES string of the molecule is CN(Cc1ccc(OCCC2CCCCN2C(=O)c2ccccn2)cc1)Cc1cccs1. The van der Waals surface area contributed by atoms with Crippen LogP contribution in [0.2, 0.25) is 0 Å². The molecular weight excluding hydrogens is 418 g/mol. The minimum absolute atomic E-state index is 0.0336. The first-order valence-electron chi connectivity index (χ1n) is 11.3. The number of carbonyl (C=O) groups excluding carboxylic acids is 1. The predicted molar refractivity (Wildman–Crippen MR) is 129 cm³/mol. The van der Waals surface area contributed by atoms with Crippen molar-refractivity contribution in [3.8, 4) is 5.75 Å². The monoisotopic (exact) mass is 449 g/mol. The number of hydrogen-bond acceptors (Lipinski definition) is 5. The van der Waals surface area contributed by atoms with Crippen LogP contribution in [0.1, 0.15) is 46.6 Å². The van der Waals surface area contributed by atoms with Crippen molar-refractivity contribution in [3.63, 3.8) is 0 Å². The number of aromatic nitrogens is 1. The molecule has 32 heavy (non-hydrogen) atoms. The van der Waals surface area contributed by atoms with Gasteiger partial charge in [-0.3, -0.25) is 14.7 Å². The van der Waals surface area contributed by atoms with Gasteiger partial charge in [-0.15, -0.1) is 11.3 Å². The maximum absolute atomic E-state index is 12.9. The zero-order chi connectivity index (χ0) is 22.2. The minimum Gasteiger partial charge on any atom is -0.494 e. The van der Waals surface area contributed by atoms with Crippen molar-refractivity contribution in [3.05, 3.63) is 82.3 Å². The van der Waals surface area contributed by atoms with Gasteiger partial charge in [-0.25, -0.2) is 0 Å². The molecule has 1 amide bonds. The Balaban J connectivity index is 1.25. The number of likely N-dealkylation sites (tertiary alicyclic amines) is 1. The molecule has 0 N–H and O–H groups in total. The van der Waals surface area contributed by atoms with E-state index in [4.69, 9.17) is 4.74 Å². The van der Waals surface area contributed by atoms with Gasteiger partial charge in [0.15, 0.2) is 0 Å². The van der Waals surface area contributed by atoms with Gasteiger partial charge in [0.1, 0.15) is 11.4 Å². The van der Waals surface area contributed by atoms with Gasteiger partial charge in [0.2, 0.25) is 0 Å². The molecule has 1 saturated heterocycles. The average Bonchev–Trinajstić information content (AvgIpc) is 3.33. The lowest BCUT2D eigenvalue weighted by atomic mass is 9.99. The van der Waals surface area contributed by atoms with Gasteiger partial charge in [0.05, 0.1) is 6.61 Å². The van der Waals surface area contributed by atoms with E-state index in [0.29, 0.717) is 12.3 Å². The Hall–Kier alpha value is -2.70. The number of thiophene rings is 1. The van der Waals surface area contributed by atoms with E-state index in [0.717, 1.165) is 51.1 Å². The van der Waals surface area contributed by atoms with Gasteiger partial charge in [-0.1, -0.05) is 24.3 Å². The zero-order valence-corrected chi connectivity index (χ0v) is 19.5. The summed E-state index contributed by atoms with van der Waals surface area (Å²) in [7, 11) is 2.15. The lowest BCUT2D eigenvalue weighted by Gasteiger charge is -2.35. The molecule has 5 nitrogen and oxygen atoms in total. The number of rotatable bonds is 9. The third-order valence-corrected chi connectivity index (χ3v) is 6.73. The summed E-state index contributed by atoms with van der Waals surface area (Å²) in [6.45, 7) is 3.28. The van der Waals surface area contributed by atoms with Crippen molar-refractivity contribution >= 4 is 17.2 Å². The molecule has 0 spiro atoms. The molecule has 168 valence electrons. The Kier molecular flexibility index (Phi) is 7.91. The van der Waals surface area contributed by atoms with Crippen molar-refractivity contribution in [2.45, 2.75) is 44.8 Å². The van der Waals surface area contributed by atoms with Gasteiger partial charge in [0, 0.05) is 43.2 Å². The Morgan fingerprint density at radius 1 is 1.12 bits per heavy atom. The van der Waals surface area contributed by atoms with Crippen LogP contribution in [0.15, 0.2) is 66.2 Å². The molecule has 4 rings (SSSR count). The number of amides is 1. The smallest absolute Gasteiger partial charge is 0.272 e. The second-order valence-electron chi connectivity index (χ2n) is 8.40. The number of nitrogens with zero attached hydrogens (tertiary/aromatic N) is 3. The second kappa shape index (κ2) is 11.2. The van der Waals surface area contributed by atoms with Crippen LogP contribution in [-0.2, 0) is 13.1 Å². The van der Waals surface area contributed by atoms with E-state index in [1.165, 1.54) is 10.4 Å². The Labute approximate surface area is 194 Å². The van der Waals surface area contributed by atoms with E-state index in [1.807, 2.05) is 29.2 Å². The number of piperidine rings is 1. The molecule has 0 bridgehead atoms. The first kappa shape index (κ1) is 22.5. The Bertz CT molecular complexity index is 961. The summed E-state index contributed by atoms with van der Waals surface area (Å²) in [6.07, 6.45) is 5.75. The van der Waals surface area contributed by atoms with Gasteiger partial charge >= 0.3 is 0 Å². The van der Waals surface area contributed by atoms with Crippen LogP contribution in [-0.4, -0.2) is 46.9 Å². The first-order valence-corrected chi connectivity index (χ1v) is 12.2. The van der Waals surface area contributed by atoms with Crippen molar-refractivity contribution in [2.75, 3.05) is 20.2 Å². The lowest BCUT2D eigenvalue weighted by Crippen LogP contribution is -2.44. The number of ether oxygens (including phenoxy) is 1. The van der Waals surface area contributed by atoms with Crippen LogP contribution in [0.4, 0.5) is 0 Å². The van der Waals surface area contributed by atoms with Crippen molar-refractivity contribution in [1.82, 2.24) is 14.8 Å². The first-order chi connectivity index (χ1) is 15.7. The standard InChI is InChI=1S/C26H31N3O2S/c1-28(20-24-8-6-18-32-24)19-21-10-12-23(13-11-21)31-17-14-22-7-3-5-16-29(22)26(30)25-9-2-4-15-27-25/h2,4,6,8-13,15,18,22H,3,5,7,14,16-17,19-20H2,1H3. The van der Waals surface area contributed by atoms with Crippen LogP contribution in [0, 0.1) is 0 Å². The van der Waals surface area contributed by atoms with E-state index in [1.54, 1.807) is 23.6 Å². The fraction of sp³-hybridized carbons (Fsp3) is 0.385. The average molecular weight is 450 g/mol. The lowest BCUT2D eigenvalue weighted by molar-refractivity contribution is 0.0574. The quantitative estimate of drug-likeness (QED) is 0.448. The van der Waals surface area contributed by atoms with Gasteiger partial charge in [0.25, 0.3) is 5.91 Å². The van der Waals surface area contributed by atoms with Crippen LogP contribution >= 0.6 is 11.3 Å². The van der Waals surface area contributed by atoms with E-state index in [9.17, 15) is 4.79 Å². The Morgan fingerprint density at radius 3 is 2.75 bits per heavy atom. The molecule has 2 aromatic heterocycles. The van der Waals surface area contributed by atoms with E-state index < -0.39 is 0 Å². The predicted octanol–water partition coefficient (Wildman–Crippen LogP) is 5.24. The third-order valence-electron chi connectivity index (χ3n) is 5.87. The molecule has 1 aromatic carbocycles. The summed E-state index contributed by atoms with van der Waals surface area (Å²) in [5.41, 5.74) is 1.80. The highest BCUT2D eigenvalue weighted by atomic mass is 32.1. The van der Waals surface area contributed by atoms with Crippen LogP contribution < -0.4 is 4.74 Å². The maximum Gasteiger partial charge on any atom is 0.272 e. The maximum atomic E-state index is 12.9. The molecule has 1 fully saturated rings. The van der Waals surface area contributed by atoms with Crippen LogP contribution in [0.25, 0.3) is 0 Å². The topological polar surface area (TPSA) is 45.7 Å². The zero-order valence-electron chi connectivity index (χ0n) is 18.7. The molecule has 0 radical (unpaired) electrons. The van der Waals surface area contributed by atoms with Crippen LogP contribution in [0.5, 0.6) is 5.75 Å². The second-order valence-corrected chi connectivity index (χ2v) is 9.43. The highest BCUT2D eigenvalue weighted by molar-refractivity contribution is 7.09. The number of pyridine rings is 1. The summed E-state index contributed by atoms with van der Waals surface area (Å²) in [5.74, 6) is 0.916. The molecule has 1 atom stereocenters. The highest BCUT2D eigenvalue weighted by Gasteiger charge is 2.27. The molecular formula is C26H31N3O2S. The van der Waals surface area contributed by atoms with E-state index >= 15 is 0 Å². The van der Waals surface area contributed by atoms with Gasteiger partial charge < -0.3 is 9.64 Å². The minimum atomic E-state index is 0.0336. The van der Waals surface area contributed by atoms with E-state index in [2.05, 4.69) is 46.6 Å². The molecule has 1 aliphatic rings. The van der Waals surface area contributed by atoms with Crippen molar-refractivity contribution in [1.29, 1.82) is 0 Å². The largest absolute Gasteiger partial charge is 0.494 e.